The predicted octanol–water partition coefficient (Wildman–Crippen LogP) is 1.49. The third-order valence-electron chi connectivity index (χ3n) is 2.59. The van der Waals surface area contributed by atoms with Gasteiger partial charge in [-0.15, -0.1) is 0 Å². The van der Waals surface area contributed by atoms with Gasteiger partial charge in [-0.25, -0.2) is 9.59 Å². The molecule has 0 heterocycles. The van der Waals surface area contributed by atoms with Crippen LogP contribution in [0.3, 0.4) is 0 Å². The number of carbonyl (C=O) groups excluding carboxylic acids is 3. The third-order valence-corrected chi connectivity index (χ3v) is 2.92. The minimum atomic E-state index is -0.714. The Morgan fingerprint density at radius 2 is 1.95 bits per heavy atom. The lowest BCUT2D eigenvalue weighted by molar-refractivity contribution is -0.123. The topological polar surface area (TPSA) is 84.5 Å². The van der Waals surface area contributed by atoms with Gasteiger partial charge in [0.05, 0.1) is 10.6 Å². The van der Waals surface area contributed by atoms with E-state index in [2.05, 4.69) is 10.6 Å². The van der Waals surface area contributed by atoms with Crippen LogP contribution in [-0.4, -0.2) is 30.6 Å². The molecular weight excluding hydrogens is 284 g/mol. The van der Waals surface area contributed by atoms with E-state index in [1.54, 1.807) is 18.2 Å². The summed E-state index contributed by atoms with van der Waals surface area (Å²) in [7, 11) is 0. The number of hydrogen-bond donors (Lipinski definition) is 2. The SMILES string of the molecule is O=C(COC(=O)c1ccccc1Cl)NC(=O)NC1CC1. The minimum absolute atomic E-state index is 0.147. The van der Waals surface area contributed by atoms with Gasteiger partial charge in [-0.2, -0.15) is 0 Å². The van der Waals surface area contributed by atoms with E-state index in [1.165, 1.54) is 6.07 Å². The van der Waals surface area contributed by atoms with Crippen LogP contribution < -0.4 is 10.6 Å². The predicted molar refractivity (Wildman–Crippen MR) is 71.4 cm³/mol. The first-order valence-corrected chi connectivity index (χ1v) is 6.46. The molecule has 1 aromatic rings. The lowest BCUT2D eigenvalue weighted by Gasteiger charge is -2.07. The second-order valence-corrected chi connectivity index (χ2v) is 4.76. The van der Waals surface area contributed by atoms with Crippen LogP contribution in [0.1, 0.15) is 23.2 Å². The first-order valence-electron chi connectivity index (χ1n) is 6.08. The summed E-state index contributed by atoms with van der Waals surface area (Å²) in [6.45, 7) is -0.540. The molecule has 0 saturated heterocycles. The Morgan fingerprint density at radius 1 is 1.25 bits per heavy atom. The maximum Gasteiger partial charge on any atom is 0.340 e. The first-order chi connectivity index (χ1) is 9.56. The minimum Gasteiger partial charge on any atom is -0.452 e. The van der Waals surface area contributed by atoms with Crippen molar-refractivity contribution >= 4 is 29.5 Å². The number of ether oxygens (including phenoxy) is 1. The summed E-state index contributed by atoms with van der Waals surface area (Å²) in [4.78, 5) is 34.3. The molecule has 20 heavy (non-hydrogen) atoms. The van der Waals surface area contributed by atoms with Crippen LogP contribution in [0, 0.1) is 0 Å². The van der Waals surface area contributed by atoms with Crippen molar-refractivity contribution in [3.05, 3.63) is 34.9 Å². The number of hydrogen-bond acceptors (Lipinski definition) is 4. The molecule has 7 heteroatoms. The van der Waals surface area contributed by atoms with E-state index < -0.39 is 24.5 Å². The van der Waals surface area contributed by atoms with Crippen LogP contribution in [-0.2, 0) is 9.53 Å². The van der Waals surface area contributed by atoms with Crippen LogP contribution in [0.4, 0.5) is 4.79 Å². The van der Waals surface area contributed by atoms with Crippen molar-refractivity contribution in [2.24, 2.45) is 0 Å². The zero-order valence-electron chi connectivity index (χ0n) is 10.5. The van der Waals surface area contributed by atoms with Crippen LogP contribution in [0.15, 0.2) is 24.3 Å². The molecule has 1 aliphatic carbocycles. The highest BCUT2D eigenvalue weighted by molar-refractivity contribution is 6.33. The largest absolute Gasteiger partial charge is 0.452 e. The highest BCUT2D eigenvalue weighted by atomic mass is 35.5. The quantitative estimate of drug-likeness (QED) is 0.824. The first kappa shape index (κ1) is 14.3. The van der Waals surface area contributed by atoms with Gasteiger partial charge in [0.1, 0.15) is 0 Å². The molecule has 0 radical (unpaired) electrons. The van der Waals surface area contributed by atoms with E-state index in [-0.39, 0.29) is 16.6 Å². The van der Waals surface area contributed by atoms with E-state index in [0.717, 1.165) is 12.8 Å². The number of rotatable bonds is 4. The van der Waals surface area contributed by atoms with E-state index in [1.807, 2.05) is 0 Å². The maximum absolute atomic E-state index is 11.7. The lowest BCUT2D eigenvalue weighted by Crippen LogP contribution is -2.42. The van der Waals surface area contributed by atoms with Crippen molar-refractivity contribution in [3.8, 4) is 0 Å². The van der Waals surface area contributed by atoms with Gasteiger partial charge in [-0.05, 0) is 25.0 Å². The smallest absolute Gasteiger partial charge is 0.340 e. The summed E-state index contributed by atoms with van der Waals surface area (Å²) >= 11 is 5.82. The summed E-state index contributed by atoms with van der Waals surface area (Å²) in [6.07, 6.45) is 1.84. The zero-order chi connectivity index (χ0) is 14.5. The average molecular weight is 297 g/mol. The molecule has 0 unspecified atom stereocenters. The number of nitrogens with one attached hydrogen (secondary N) is 2. The molecule has 6 nitrogen and oxygen atoms in total. The van der Waals surface area contributed by atoms with Gasteiger partial charge in [0, 0.05) is 6.04 Å². The number of urea groups is 1. The van der Waals surface area contributed by atoms with Gasteiger partial charge in [0.2, 0.25) is 0 Å². The van der Waals surface area contributed by atoms with E-state index in [4.69, 9.17) is 16.3 Å². The number of esters is 1. The Hall–Kier alpha value is -2.08. The molecule has 1 aromatic carbocycles. The summed E-state index contributed by atoms with van der Waals surface area (Å²) in [5.74, 6) is -1.41. The number of benzene rings is 1. The standard InChI is InChI=1S/C13H13ClN2O4/c14-10-4-2-1-3-9(10)12(18)20-7-11(17)16-13(19)15-8-5-6-8/h1-4,8H,5-7H2,(H2,15,16,17,19). The molecule has 2 rings (SSSR count). The van der Waals surface area contributed by atoms with Crippen molar-refractivity contribution in [3.63, 3.8) is 0 Å². The fraction of sp³-hybridized carbons (Fsp3) is 0.308. The molecule has 0 bridgehead atoms. The van der Waals surface area contributed by atoms with Gasteiger partial charge in [-0.1, -0.05) is 23.7 Å². The molecule has 0 aliphatic heterocycles. The van der Waals surface area contributed by atoms with Crippen LogP contribution in [0.5, 0.6) is 0 Å². The number of amides is 3. The van der Waals surface area contributed by atoms with Crippen LogP contribution in [0.25, 0.3) is 0 Å². The molecule has 0 spiro atoms. The Labute approximate surface area is 120 Å². The van der Waals surface area contributed by atoms with E-state index in [0.29, 0.717) is 0 Å². The highest BCUT2D eigenvalue weighted by Crippen LogP contribution is 2.18. The molecule has 106 valence electrons. The van der Waals surface area contributed by atoms with Gasteiger partial charge >= 0.3 is 12.0 Å². The summed E-state index contributed by atoms with van der Waals surface area (Å²) in [5, 5.41) is 4.89. The number of halogens is 1. The van der Waals surface area contributed by atoms with Gasteiger partial charge in [-0.3, -0.25) is 10.1 Å². The maximum atomic E-state index is 11.7. The molecule has 1 fully saturated rings. The molecule has 1 saturated carbocycles. The van der Waals surface area contributed by atoms with Crippen molar-refractivity contribution in [1.29, 1.82) is 0 Å². The zero-order valence-corrected chi connectivity index (χ0v) is 11.3. The molecular formula is C13H13ClN2O4. The van der Waals surface area contributed by atoms with Crippen molar-refractivity contribution in [2.75, 3.05) is 6.61 Å². The summed E-state index contributed by atoms with van der Waals surface area (Å²) in [6, 6.07) is 5.91. The van der Waals surface area contributed by atoms with E-state index in [9.17, 15) is 14.4 Å². The van der Waals surface area contributed by atoms with Crippen LogP contribution in [0.2, 0.25) is 5.02 Å². The lowest BCUT2D eigenvalue weighted by atomic mass is 10.2. The van der Waals surface area contributed by atoms with Crippen molar-refractivity contribution in [1.82, 2.24) is 10.6 Å². The van der Waals surface area contributed by atoms with Gasteiger partial charge < -0.3 is 10.1 Å². The fourth-order valence-corrected chi connectivity index (χ4v) is 1.66. The Kier molecular flexibility index (Phi) is 4.57. The number of carbonyl (C=O) groups is 3. The van der Waals surface area contributed by atoms with Crippen molar-refractivity contribution in [2.45, 2.75) is 18.9 Å². The highest BCUT2D eigenvalue weighted by Gasteiger charge is 2.24. The molecule has 0 aromatic heterocycles. The van der Waals surface area contributed by atoms with Crippen molar-refractivity contribution < 1.29 is 19.1 Å². The second-order valence-electron chi connectivity index (χ2n) is 4.35. The van der Waals surface area contributed by atoms with Crippen LogP contribution >= 0.6 is 11.6 Å². The third kappa shape index (κ3) is 4.24. The molecule has 1 aliphatic rings. The average Bonchev–Trinajstić information content (AvgIpc) is 3.20. The normalized spacial score (nSPS) is 13.4. The Balaban J connectivity index is 1.76. The van der Waals surface area contributed by atoms with E-state index >= 15 is 0 Å². The Morgan fingerprint density at radius 3 is 2.60 bits per heavy atom. The summed E-state index contributed by atoms with van der Waals surface area (Å²) < 4.78 is 4.78. The fourth-order valence-electron chi connectivity index (χ4n) is 1.45. The Bertz CT molecular complexity index is 543. The summed E-state index contributed by atoms with van der Waals surface area (Å²) in [5.41, 5.74) is 0.171. The molecule has 2 N–H and O–H groups in total. The molecule has 3 amide bonds. The monoisotopic (exact) mass is 296 g/mol. The number of imide groups is 1. The molecule has 0 atom stereocenters. The van der Waals surface area contributed by atoms with Gasteiger partial charge in [0.15, 0.2) is 6.61 Å². The van der Waals surface area contributed by atoms with Gasteiger partial charge in [0.25, 0.3) is 5.91 Å². The second kappa shape index (κ2) is 6.38.